The Hall–Kier alpha value is -2.69. The molecule has 29 heavy (non-hydrogen) atoms. The van der Waals surface area contributed by atoms with Crippen LogP contribution in [0.2, 0.25) is 0 Å². The molecule has 0 spiro atoms. The minimum absolute atomic E-state index is 0.0945. The maximum Gasteiger partial charge on any atom is 0.275 e. The van der Waals surface area contributed by atoms with Gasteiger partial charge >= 0.3 is 0 Å². The molecule has 1 amide bonds. The molecule has 4 rings (SSSR count). The second-order valence-corrected chi connectivity index (χ2v) is 9.29. The van der Waals surface area contributed by atoms with Gasteiger partial charge in [0.1, 0.15) is 10.6 Å². The molecular weight excluding hydrogens is 410 g/mol. The van der Waals surface area contributed by atoms with Gasteiger partial charge in [0.2, 0.25) is 10.0 Å². The zero-order chi connectivity index (χ0) is 20.3. The number of sulfonamides is 1. The molecule has 2 aromatic heterocycles. The zero-order valence-electron chi connectivity index (χ0n) is 15.5. The van der Waals surface area contributed by atoms with Crippen molar-refractivity contribution in [2.75, 3.05) is 18.4 Å². The van der Waals surface area contributed by atoms with E-state index in [0.29, 0.717) is 23.9 Å². The Labute approximate surface area is 172 Å². The predicted molar refractivity (Wildman–Crippen MR) is 110 cm³/mol. The Kier molecular flexibility index (Phi) is 5.65. The standard InChI is InChI=1S/C19H19N5O3S2/c25-18(15-13-28-19(23-15)17-20-9-6-10-21-17)22-14-7-2-3-8-16(14)29(26,27)24-11-4-1-5-12-24/h2-3,6-10,13H,1,4-5,11-12H2,(H,22,25). The predicted octanol–water partition coefficient (Wildman–Crippen LogP) is 3.03. The largest absolute Gasteiger partial charge is 0.319 e. The van der Waals surface area contributed by atoms with Gasteiger partial charge in [0.15, 0.2) is 10.8 Å². The maximum atomic E-state index is 13.1. The highest BCUT2D eigenvalue weighted by Gasteiger charge is 2.28. The summed E-state index contributed by atoms with van der Waals surface area (Å²) in [5.74, 6) is -0.0469. The highest BCUT2D eigenvalue weighted by molar-refractivity contribution is 7.89. The summed E-state index contributed by atoms with van der Waals surface area (Å²) in [6.45, 7) is 0.994. The molecular formula is C19H19N5O3S2. The SMILES string of the molecule is O=C(Nc1ccccc1S(=O)(=O)N1CCCCC1)c1csc(-c2ncccn2)n1. The van der Waals surface area contributed by atoms with Gasteiger partial charge in [-0.15, -0.1) is 11.3 Å². The minimum atomic E-state index is -3.68. The smallest absolute Gasteiger partial charge is 0.275 e. The fraction of sp³-hybridized carbons (Fsp3) is 0.263. The quantitative estimate of drug-likeness (QED) is 0.668. The van der Waals surface area contributed by atoms with E-state index in [9.17, 15) is 13.2 Å². The van der Waals surface area contributed by atoms with Gasteiger partial charge in [0.05, 0.1) is 5.69 Å². The molecule has 1 aliphatic heterocycles. The number of para-hydroxylation sites is 1. The molecule has 1 aromatic carbocycles. The summed E-state index contributed by atoms with van der Waals surface area (Å²) in [7, 11) is -3.68. The number of nitrogens with one attached hydrogen (secondary N) is 1. The van der Waals surface area contributed by atoms with Gasteiger partial charge in [-0.1, -0.05) is 18.6 Å². The van der Waals surface area contributed by atoms with Gasteiger partial charge in [0, 0.05) is 30.9 Å². The summed E-state index contributed by atoms with van der Waals surface area (Å²) >= 11 is 1.25. The van der Waals surface area contributed by atoms with Gasteiger partial charge in [-0.25, -0.2) is 23.4 Å². The Morgan fingerprint density at radius 2 is 1.76 bits per heavy atom. The van der Waals surface area contributed by atoms with Crippen LogP contribution in [0, 0.1) is 0 Å². The van der Waals surface area contributed by atoms with Gasteiger partial charge in [0.25, 0.3) is 5.91 Å². The zero-order valence-corrected chi connectivity index (χ0v) is 17.1. The monoisotopic (exact) mass is 429 g/mol. The Bertz CT molecular complexity index is 1110. The van der Waals surface area contributed by atoms with Crippen LogP contribution in [0.1, 0.15) is 29.8 Å². The van der Waals surface area contributed by atoms with Crippen LogP contribution in [0.4, 0.5) is 5.69 Å². The van der Waals surface area contributed by atoms with Crippen molar-refractivity contribution in [3.8, 4) is 10.8 Å². The van der Waals surface area contributed by atoms with E-state index in [1.807, 2.05) is 0 Å². The third-order valence-corrected chi connectivity index (χ3v) is 7.36. The van der Waals surface area contributed by atoms with E-state index in [2.05, 4.69) is 20.3 Å². The molecule has 0 radical (unpaired) electrons. The van der Waals surface area contributed by atoms with Gasteiger partial charge in [-0.05, 0) is 31.0 Å². The van der Waals surface area contributed by atoms with Crippen LogP contribution in [0.3, 0.4) is 0 Å². The number of hydrogen-bond donors (Lipinski definition) is 1. The number of carbonyl (C=O) groups excluding carboxylic acids is 1. The van der Waals surface area contributed by atoms with Crippen molar-refractivity contribution in [1.82, 2.24) is 19.3 Å². The molecule has 0 aliphatic carbocycles. The molecule has 1 saturated heterocycles. The van der Waals surface area contributed by atoms with Crippen LogP contribution >= 0.6 is 11.3 Å². The topological polar surface area (TPSA) is 105 Å². The molecule has 150 valence electrons. The van der Waals surface area contributed by atoms with Gasteiger partial charge in [-0.3, -0.25) is 4.79 Å². The maximum absolute atomic E-state index is 13.1. The van der Waals surface area contributed by atoms with Crippen LogP contribution in [0.5, 0.6) is 0 Å². The van der Waals surface area contributed by atoms with Gasteiger partial charge in [-0.2, -0.15) is 4.31 Å². The summed E-state index contributed by atoms with van der Waals surface area (Å²) in [6, 6.07) is 8.14. The molecule has 0 unspecified atom stereocenters. The molecule has 0 bridgehead atoms. The molecule has 3 heterocycles. The third kappa shape index (κ3) is 4.19. The second kappa shape index (κ2) is 8.36. The summed E-state index contributed by atoms with van der Waals surface area (Å²) < 4.78 is 27.6. The Morgan fingerprint density at radius 1 is 1.03 bits per heavy atom. The number of rotatable bonds is 5. The Morgan fingerprint density at radius 3 is 2.52 bits per heavy atom. The second-order valence-electron chi connectivity index (χ2n) is 6.53. The van der Waals surface area contributed by atoms with E-state index in [4.69, 9.17) is 0 Å². The molecule has 1 fully saturated rings. The first-order valence-electron chi connectivity index (χ1n) is 9.19. The van der Waals surface area contributed by atoms with Crippen LogP contribution in [0.25, 0.3) is 10.8 Å². The molecule has 3 aromatic rings. The van der Waals surface area contributed by atoms with Gasteiger partial charge < -0.3 is 5.32 Å². The fourth-order valence-corrected chi connectivity index (χ4v) is 5.53. The minimum Gasteiger partial charge on any atom is -0.319 e. The molecule has 10 heteroatoms. The van der Waals surface area contributed by atoms with Crippen molar-refractivity contribution < 1.29 is 13.2 Å². The van der Waals surface area contributed by atoms with E-state index in [1.54, 1.807) is 42.0 Å². The highest BCUT2D eigenvalue weighted by Crippen LogP contribution is 2.27. The number of carbonyl (C=O) groups is 1. The number of anilines is 1. The van der Waals surface area contributed by atoms with Crippen molar-refractivity contribution in [3.05, 3.63) is 53.8 Å². The number of benzene rings is 1. The number of thiazole rings is 1. The molecule has 1 aliphatic rings. The normalized spacial score (nSPS) is 15.2. The first kappa shape index (κ1) is 19.6. The first-order chi connectivity index (χ1) is 14.1. The molecule has 8 nitrogen and oxygen atoms in total. The lowest BCUT2D eigenvalue weighted by Crippen LogP contribution is -2.36. The molecule has 1 N–H and O–H groups in total. The first-order valence-corrected chi connectivity index (χ1v) is 11.5. The molecule has 0 atom stereocenters. The van der Waals surface area contributed by atoms with Crippen molar-refractivity contribution in [2.45, 2.75) is 24.2 Å². The summed E-state index contributed by atoms with van der Waals surface area (Å²) in [4.78, 5) is 25.3. The number of amides is 1. The molecule has 0 saturated carbocycles. The van der Waals surface area contributed by atoms with E-state index in [-0.39, 0.29) is 16.3 Å². The lowest BCUT2D eigenvalue weighted by molar-refractivity contribution is 0.102. The van der Waals surface area contributed by atoms with E-state index < -0.39 is 15.9 Å². The number of piperidine rings is 1. The number of nitrogens with zero attached hydrogens (tertiary/aromatic N) is 4. The van der Waals surface area contributed by atoms with Crippen LogP contribution in [0.15, 0.2) is 53.0 Å². The summed E-state index contributed by atoms with van der Waals surface area (Å²) in [5, 5.41) is 4.81. The average molecular weight is 430 g/mol. The van der Waals surface area contributed by atoms with Crippen LogP contribution in [-0.2, 0) is 10.0 Å². The highest BCUT2D eigenvalue weighted by atomic mass is 32.2. The summed E-state index contributed by atoms with van der Waals surface area (Å²) in [6.07, 6.45) is 5.92. The van der Waals surface area contributed by atoms with E-state index in [0.717, 1.165) is 19.3 Å². The number of hydrogen-bond acceptors (Lipinski definition) is 7. The lowest BCUT2D eigenvalue weighted by atomic mass is 10.2. The fourth-order valence-electron chi connectivity index (χ4n) is 3.12. The van der Waals surface area contributed by atoms with Crippen LogP contribution < -0.4 is 5.32 Å². The average Bonchev–Trinajstić information content (AvgIpc) is 3.26. The van der Waals surface area contributed by atoms with Crippen molar-refractivity contribution in [1.29, 1.82) is 0 Å². The van der Waals surface area contributed by atoms with Crippen molar-refractivity contribution in [2.24, 2.45) is 0 Å². The van der Waals surface area contributed by atoms with E-state index >= 15 is 0 Å². The van der Waals surface area contributed by atoms with Crippen molar-refractivity contribution >= 4 is 33.0 Å². The summed E-state index contributed by atoms with van der Waals surface area (Å²) in [5.41, 5.74) is 0.427. The Balaban J connectivity index is 1.57. The van der Waals surface area contributed by atoms with E-state index in [1.165, 1.54) is 21.7 Å². The van der Waals surface area contributed by atoms with Crippen molar-refractivity contribution in [3.63, 3.8) is 0 Å². The number of aromatic nitrogens is 3. The lowest BCUT2D eigenvalue weighted by Gasteiger charge is -2.26. The third-order valence-electron chi connectivity index (χ3n) is 4.56. The van der Waals surface area contributed by atoms with Crippen LogP contribution in [-0.4, -0.2) is 46.7 Å².